The molecule has 0 saturated carbocycles. The number of hydrogen-bond acceptors (Lipinski definition) is 5. The lowest BCUT2D eigenvalue weighted by molar-refractivity contribution is -0.114. The van der Waals surface area contributed by atoms with E-state index in [9.17, 15) is 4.79 Å². The highest BCUT2D eigenvalue weighted by molar-refractivity contribution is 7.80. The lowest BCUT2D eigenvalue weighted by atomic mass is 10.0. The first-order valence-corrected chi connectivity index (χ1v) is 11.5. The predicted octanol–water partition coefficient (Wildman–Crippen LogP) is 4.41. The van der Waals surface area contributed by atoms with Crippen molar-refractivity contribution in [3.05, 3.63) is 96.8 Å². The van der Waals surface area contributed by atoms with E-state index in [1.165, 1.54) is 6.92 Å². The van der Waals surface area contributed by atoms with Crippen molar-refractivity contribution in [3.63, 3.8) is 0 Å². The molecule has 1 aliphatic rings. The summed E-state index contributed by atoms with van der Waals surface area (Å²) in [5, 5.41) is 6.89. The van der Waals surface area contributed by atoms with Gasteiger partial charge in [-0.1, -0.05) is 6.07 Å². The SMILES string of the molecule is COc1ccc(N2C(=S)N[C@H](c3ccccn3)[C@H]2c2cccn2-c2ccncc2)cc1NC(C)=O. The van der Waals surface area contributed by atoms with Gasteiger partial charge in [-0.3, -0.25) is 14.8 Å². The van der Waals surface area contributed by atoms with Crippen LogP contribution in [0.5, 0.6) is 5.75 Å². The molecule has 1 aliphatic heterocycles. The Hall–Kier alpha value is -4.24. The van der Waals surface area contributed by atoms with Crippen molar-refractivity contribution in [1.29, 1.82) is 0 Å². The molecule has 0 spiro atoms. The number of nitrogens with zero attached hydrogens (tertiary/aromatic N) is 4. The third kappa shape index (κ3) is 4.33. The highest BCUT2D eigenvalue weighted by Crippen LogP contribution is 2.43. The number of anilines is 2. The summed E-state index contributed by atoms with van der Waals surface area (Å²) in [5.41, 5.74) is 4.28. The predicted molar refractivity (Wildman–Crippen MR) is 139 cm³/mol. The number of methoxy groups -OCH3 is 1. The second-order valence-corrected chi connectivity index (χ2v) is 8.46. The summed E-state index contributed by atoms with van der Waals surface area (Å²) in [4.78, 5) is 22.7. The number of rotatable bonds is 6. The van der Waals surface area contributed by atoms with Crippen molar-refractivity contribution >= 4 is 34.6 Å². The number of hydrogen-bond donors (Lipinski definition) is 2. The molecule has 8 nitrogen and oxygen atoms in total. The van der Waals surface area contributed by atoms with Crippen LogP contribution in [0.3, 0.4) is 0 Å². The summed E-state index contributed by atoms with van der Waals surface area (Å²) in [5.74, 6) is 0.386. The summed E-state index contributed by atoms with van der Waals surface area (Å²) in [6.07, 6.45) is 7.35. The Morgan fingerprint density at radius 3 is 2.60 bits per heavy atom. The Balaban J connectivity index is 1.66. The highest BCUT2D eigenvalue weighted by Gasteiger charge is 2.42. The average Bonchev–Trinajstić information content (AvgIpc) is 3.49. The molecule has 0 unspecified atom stereocenters. The minimum Gasteiger partial charge on any atom is -0.495 e. The van der Waals surface area contributed by atoms with Gasteiger partial charge < -0.3 is 24.8 Å². The lowest BCUT2D eigenvalue weighted by Crippen LogP contribution is -2.30. The van der Waals surface area contributed by atoms with E-state index >= 15 is 0 Å². The molecule has 4 aromatic rings. The third-order valence-corrected chi connectivity index (χ3v) is 6.21. The first-order chi connectivity index (χ1) is 17.1. The van der Waals surface area contributed by atoms with Gasteiger partial charge in [0.1, 0.15) is 11.8 Å². The van der Waals surface area contributed by atoms with E-state index in [1.807, 2.05) is 60.8 Å². The number of carbonyl (C=O) groups excluding carboxylic acids is 1. The molecule has 3 aromatic heterocycles. The second kappa shape index (κ2) is 9.55. The molecule has 2 atom stereocenters. The van der Waals surface area contributed by atoms with Gasteiger partial charge >= 0.3 is 0 Å². The Kier molecular flexibility index (Phi) is 6.15. The van der Waals surface area contributed by atoms with Crippen LogP contribution in [0.25, 0.3) is 5.69 Å². The van der Waals surface area contributed by atoms with Crippen LogP contribution in [0.2, 0.25) is 0 Å². The fraction of sp³-hybridized carbons (Fsp3) is 0.154. The molecular formula is C26H24N6O2S. The third-order valence-electron chi connectivity index (χ3n) is 5.89. The molecule has 0 bridgehead atoms. The molecule has 35 heavy (non-hydrogen) atoms. The Bertz CT molecular complexity index is 1360. The van der Waals surface area contributed by atoms with E-state index < -0.39 is 0 Å². The molecule has 0 aliphatic carbocycles. The number of carbonyl (C=O) groups is 1. The topological polar surface area (TPSA) is 84.3 Å². The van der Waals surface area contributed by atoms with Gasteiger partial charge in [-0.15, -0.1) is 0 Å². The van der Waals surface area contributed by atoms with Crippen molar-refractivity contribution in [1.82, 2.24) is 19.9 Å². The number of nitrogens with one attached hydrogen (secondary N) is 2. The van der Waals surface area contributed by atoms with E-state index in [2.05, 4.69) is 36.1 Å². The van der Waals surface area contributed by atoms with Gasteiger partial charge in [0.15, 0.2) is 5.11 Å². The van der Waals surface area contributed by atoms with Crippen LogP contribution in [0, 0.1) is 0 Å². The number of benzene rings is 1. The van der Waals surface area contributed by atoms with Crippen LogP contribution in [-0.2, 0) is 4.79 Å². The maximum atomic E-state index is 11.8. The fourth-order valence-corrected chi connectivity index (χ4v) is 4.79. The van der Waals surface area contributed by atoms with Crippen molar-refractivity contribution in [2.75, 3.05) is 17.3 Å². The molecule has 5 rings (SSSR count). The van der Waals surface area contributed by atoms with Crippen LogP contribution in [-0.4, -0.2) is 32.7 Å². The standard InChI is InChI=1S/C26H24N6O2S/c1-17(33)29-21-16-19(8-9-23(21)34-2)32-25(24(30-26(32)35)20-6-3-4-12-28-20)22-7-5-15-31(22)18-10-13-27-14-11-18/h3-16,24-25H,1-2H3,(H,29,33)(H,30,35)/t24-,25-/m1/s1. The minimum atomic E-state index is -0.223. The van der Waals surface area contributed by atoms with Crippen molar-refractivity contribution in [2.45, 2.75) is 19.0 Å². The van der Waals surface area contributed by atoms with Crippen LogP contribution >= 0.6 is 12.2 Å². The minimum absolute atomic E-state index is 0.183. The van der Waals surface area contributed by atoms with E-state index in [-0.39, 0.29) is 18.0 Å². The van der Waals surface area contributed by atoms with Gasteiger partial charge in [0.05, 0.1) is 24.5 Å². The summed E-state index contributed by atoms with van der Waals surface area (Å²) in [6.45, 7) is 1.47. The average molecular weight is 485 g/mol. The quantitative estimate of drug-likeness (QED) is 0.392. The monoisotopic (exact) mass is 484 g/mol. The lowest BCUT2D eigenvalue weighted by Gasteiger charge is -2.29. The molecule has 1 saturated heterocycles. The molecule has 176 valence electrons. The summed E-state index contributed by atoms with van der Waals surface area (Å²) in [7, 11) is 1.57. The Labute approximate surface area is 208 Å². The number of amides is 1. The molecule has 2 N–H and O–H groups in total. The molecule has 9 heteroatoms. The van der Waals surface area contributed by atoms with Crippen molar-refractivity contribution in [2.24, 2.45) is 0 Å². The maximum absolute atomic E-state index is 11.8. The highest BCUT2D eigenvalue weighted by atomic mass is 32.1. The number of aromatic nitrogens is 3. The Morgan fingerprint density at radius 1 is 1.06 bits per heavy atom. The second-order valence-electron chi connectivity index (χ2n) is 8.07. The van der Waals surface area contributed by atoms with E-state index in [0.717, 1.165) is 22.8 Å². The first kappa shape index (κ1) is 22.5. The van der Waals surface area contributed by atoms with Gasteiger partial charge in [0, 0.05) is 48.8 Å². The molecule has 1 amide bonds. The fourth-order valence-electron chi connectivity index (χ4n) is 4.44. The largest absolute Gasteiger partial charge is 0.495 e. The van der Waals surface area contributed by atoms with Gasteiger partial charge in [-0.25, -0.2) is 0 Å². The smallest absolute Gasteiger partial charge is 0.221 e. The summed E-state index contributed by atoms with van der Waals surface area (Å²) >= 11 is 5.85. The van der Waals surface area contributed by atoms with Gasteiger partial charge in [0.2, 0.25) is 5.91 Å². The molecule has 1 aromatic carbocycles. The van der Waals surface area contributed by atoms with Crippen LogP contribution in [0.15, 0.2) is 85.5 Å². The molecular weight excluding hydrogens is 460 g/mol. The molecule has 0 radical (unpaired) electrons. The first-order valence-electron chi connectivity index (χ1n) is 11.1. The van der Waals surface area contributed by atoms with Crippen molar-refractivity contribution in [3.8, 4) is 11.4 Å². The molecule has 1 fully saturated rings. The number of thiocarbonyl (C=S) groups is 1. The zero-order valence-electron chi connectivity index (χ0n) is 19.3. The Morgan fingerprint density at radius 2 is 1.89 bits per heavy atom. The number of pyridine rings is 2. The van der Waals surface area contributed by atoms with Crippen molar-refractivity contribution < 1.29 is 9.53 Å². The number of ether oxygens (including phenoxy) is 1. The van der Waals surface area contributed by atoms with E-state index in [4.69, 9.17) is 17.0 Å². The van der Waals surface area contributed by atoms with E-state index in [1.54, 1.807) is 25.7 Å². The van der Waals surface area contributed by atoms with Crippen LogP contribution in [0.1, 0.15) is 30.4 Å². The zero-order chi connectivity index (χ0) is 24.4. The summed E-state index contributed by atoms with van der Waals surface area (Å²) < 4.78 is 7.58. The maximum Gasteiger partial charge on any atom is 0.221 e. The van der Waals surface area contributed by atoms with Gasteiger partial charge in [-0.05, 0) is 66.8 Å². The zero-order valence-corrected chi connectivity index (χ0v) is 20.1. The normalized spacial score (nSPS) is 17.2. The van der Waals surface area contributed by atoms with Crippen LogP contribution in [0.4, 0.5) is 11.4 Å². The van der Waals surface area contributed by atoms with Gasteiger partial charge in [-0.2, -0.15) is 0 Å². The molecule has 4 heterocycles. The van der Waals surface area contributed by atoms with Crippen LogP contribution < -0.4 is 20.3 Å². The van der Waals surface area contributed by atoms with E-state index in [0.29, 0.717) is 16.5 Å². The summed E-state index contributed by atoms with van der Waals surface area (Å²) in [6, 6.07) is 19.1. The van der Waals surface area contributed by atoms with Gasteiger partial charge in [0.25, 0.3) is 0 Å².